The Morgan fingerprint density at radius 3 is 2.62 bits per heavy atom. The Kier molecular flexibility index (Phi) is 4.99. The Morgan fingerprint density at radius 1 is 1.15 bits per heavy atom. The Morgan fingerprint density at radius 2 is 1.96 bits per heavy atom. The van der Waals surface area contributed by atoms with Gasteiger partial charge < -0.3 is 5.73 Å². The number of rotatable bonds is 4. The zero-order valence-electron chi connectivity index (χ0n) is 14.1. The number of carbonyl (C=O) groups excluding carboxylic acids is 1. The first-order valence-electron chi connectivity index (χ1n) is 7.62. The second kappa shape index (κ2) is 7.36. The number of nitrogens with two attached hydrogens (primary N) is 1. The molecule has 0 spiro atoms. The zero-order chi connectivity index (χ0) is 18.7. The monoisotopic (exact) mass is 368 g/mol. The second-order valence-electron chi connectivity index (χ2n) is 5.40. The van der Waals surface area contributed by atoms with Crippen LogP contribution < -0.4 is 11.1 Å². The molecule has 0 aliphatic rings. The predicted molar refractivity (Wildman–Crippen MR) is 98.9 cm³/mol. The molecule has 9 heteroatoms. The van der Waals surface area contributed by atoms with Gasteiger partial charge in [-0.2, -0.15) is 9.97 Å². The van der Waals surface area contributed by atoms with E-state index in [1.54, 1.807) is 37.6 Å². The standard InChI is InChI=1S/C17H16N6O2S/c1-10-20-15(14-5-3-4-8-19-14)22-17(21-10)23-16(24)12-7-6-11(26(2)25)9-13(12)18/h3-9H,18H2,1-2H3,(H,20,21,22,23,24). The first-order valence-corrected chi connectivity index (χ1v) is 9.18. The van der Waals surface area contributed by atoms with Crippen LogP contribution in [-0.2, 0) is 10.8 Å². The number of amides is 1. The highest BCUT2D eigenvalue weighted by Gasteiger charge is 2.14. The predicted octanol–water partition coefficient (Wildman–Crippen LogP) is 1.81. The normalized spacial score (nSPS) is 11.8. The Hall–Kier alpha value is -3.20. The topological polar surface area (TPSA) is 124 Å². The van der Waals surface area contributed by atoms with Crippen LogP contribution in [0.2, 0.25) is 0 Å². The maximum Gasteiger partial charge on any atom is 0.260 e. The van der Waals surface area contributed by atoms with E-state index in [2.05, 4.69) is 25.3 Å². The van der Waals surface area contributed by atoms with Crippen LogP contribution in [0.1, 0.15) is 16.2 Å². The van der Waals surface area contributed by atoms with Crippen molar-refractivity contribution in [3.8, 4) is 11.5 Å². The summed E-state index contributed by atoms with van der Waals surface area (Å²) >= 11 is 0. The average molecular weight is 368 g/mol. The van der Waals surface area contributed by atoms with E-state index in [1.807, 2.05) is 6.07 Å². The summed E-state index contributed by atoms with van der Waals surface area (Å²) in [6, 6.07) is 10.0. The molecule has 3 aromatic rings. The fourth-order valence-electron chi connectivity index (χ4n) is 2.24. The van der Waals surface area contributed by atoms with E-state index < -0.39 is 16.7 Å². The van der Waals surface area contributed by atoms with E-state index in [0.29, 0.717) is 22.2 Å². The summed E-state index contributed by atoms with van der Waals surface area (Å²) < 4.78 is 11.5. The van der Waals surface area contributed by atoms with Crippen molar-refractivity contribution < 1.29 is 9.00 Å². The lowest BCUT2D eigenvalue weighted by atomic mass is 10.1. The van der Waals surface area contributed by atoms with Gasteiger partial charge in [-0.25, -0.2) is 4.98 Å². The third kappa shape index (κ3) is 3.89. The maximum absolute atomic E-state index is 12.5. The van der Waals surface area contributed by atoms with Gasteiger partial charge in [-0.05, 0) is 37.3 Å². The van der Waals surface area contributed by atoms with E-state index in [4.69, 9.17) is 5.73 Å². The summed E-state index contributed by atoms with van der Waals surface area (Å²) in [6.45, 7) is 1.70. The first-order chi connectivity index (χ1) is 12.4. The summed E-state index contributed by atoms with van der Waals surface area (Å²) in [5.41, 5.74) is 6.95. The van der Waals surface area contributed by atoms with Crippen molar-refractivity contribution in [1.29, 1.82) is 0 Å². The van der Waals surface area contributed by atoms with Crippen molar-refractivity contribution in [3.63, 3.8) is 0 Å². The quantitative estimate of drug-likeness (QED) is 0.673. The number of carbonyl (C=O) groups is 1. The number of aromatic nitrogens is 4. The molecule has 3 N–H and O–H groups in total. The van der Waals surface area contributed by atoms with Gasteiger partial charge >= 0.3 is 0 Å². The largest absolute Gasteiger partial charge is 0.398 e. The number of pyridine rings is 1. The minimum Gasteiger partial charge on any atom is -0.398 e. The molecule has 1 unspecified atom stereocenters. The third-order valence-electron chi connectivity index (χ3n) is 3.47. The summed E-state index contributed by atoms with van der Waals surface area (Å²) in [5.74, 6) is 0.443. The SMILES string of the molecule is Cc1nc(NC(=O)c2ccc(S(C)=O)cc2N)nc(-c2ccccn2)n1. The van der Waals surface area contributed by atoms with Gasteiger partial charge in [0.1, 0.15) is 11.5 Å². The van der Waals surface area contributed by atoms with Gasteiger partial charge in [-0.3, -0.25) is 19.3 Å². The first kappa shape index (κ1) is 17.6. The summed E-state index contributed by atoms with van der Waals surface area (Å²) in [4.78, 5) is 29.8. The number of hydrogen-bond acceptors (Lipinski definition) is 7. The average Bonchev–Trinajstić information content (AvgIpc) is 2.61. The fourth-order valence-corrected chi connectivity index (χ4v) is 2.80. The molecule has 0 fully saturated rings. The van der Waals surface area contributed by atoms with E-state index in [-0.39, 0.29) is 17.2 Å². The van der Waals surface area contributed by atoms with E-state index in [0.717, 1.165) is 0 Å². The van der Waals surface area contributed by atoms with Crippen LogP contribution in [0.5, 0.6) is 0 Å². The Bertz CT molecular complexity index is 994. The molecule has 0 aliphatic heterocycles. The van der Waals surface area contributed by atoms with Crippen molar-refractivity contribution in [2.45, 2.75) is 11.8 Å². The van der Waals surface area contributed by atoms with Gasteiger partial charge in [0.05, 0.1) is 5.56 Å². The highest BCUT2D eigenvalue weighted by molar-refractivity contribution is 7.84. The summed E-state index contributed by atoms with van der Waals surface area (Å²) in [5, 5.41) is 2.61. The van der Waals surface area contributed by atoms with Crippen LogP contribution in [0.25, 0.3) is 11.5 Å². The van der Waals surface area contributed by atoms with E-state index >= 15 is 0 Å². The van der Waals surface area contributed by atoms with Crippen LogP contribution in [0, 0.1) is 6.92 Å². The second-order valence-corrected chi connectivity index (χ2v) is 6.78. The lowest BCUT2D eigenvalue weighted by molar-refractivity contribution is 0.102. The van der Waals surface area contributed by atoms with Gasteiger partial charge in [0.2, 0.25) is 5.95 Å². The molecule has 2 heterocycles. The smallest absolute Gasteiger partial charge is 0.260 e. The van der Waals surface area contributed by atoms with Crippen LogP contribution in [-0.4, -0.2) is 36.3 Å². The fraction of sp³-hybridized carbons (Fsp3) is 0.118. The van der Waals surface area contributed by atoms with Crippen LogP contribution >= 0.6 is 0 Å². The Balaban J connectivity index is 1.88. The lowest BCUT2D eigenvalue weighted by Crippen LogP contribution is -2.17. The molecule has 0 saturated heterocycles. The molecular formula is C17H16N6O2S. The lowest BCUT2D eigenvalue weighted by Gasteiger charge is -2.09. The molecule has 1 amide bonds. The Labute approximate surface area is 152 Å². The van der Waals surface area contributed by atoms with Crippen LogP contribution in [0.3, 0.4) is 0 Å². The maximum atomic E-state index is 12.5. The highest BCUT2D eigenvalue weighted by Crippen LogP contribution is 2.18. The summed E-state index contributed by atoms with van der Waals surface area (Å²) in [6.07, 6.45) is 3.17. The molecule has 1 aromatic carbocycles. The number of anilines is 2. The van der Waals surface area contributed by atoms with Gasteiger partial charge in [0, 0.05) is 33.8 Å². The number of nitrogens with one attached hydrogen (secondary N) is 1. The molecule has 0 bridgehead atoms. The van der Waals surface area contributed by atoms with Gasteiger partial charge in [-0.15, -0.1) is 0 Å². The number of aryl methyl sites for hydroxylation is 1. The molecule has 0 aliphatic carbocycles. The summed E-state index contributed by atoms with van der Waals surface area (Å²) in [7, 11) is -1.18. The van der Waals surface area contributed by atoms with Crippen LogP contribution in [0.4, 0.5) is 11.6 Å². The van der Waals surface area contributed by atoms with Crippen molar-refractivity contribution in [1.82, 2.24) is 19.9 Å². The molecule has 0 radical (unpaired) electrons. The molecule has 1 atom stereocenters. The van der Waals surface area contributed by atoms with Crippen molar-refractivity contribution >= 4 is 28.3 Å². The van der Waals surface area contributed by atoms with Gasteiger partial charge in [0.25, 0.3) is 5.91 Å². The number of nitrogens with zero attached hydrogens (tertiary/aromatic N) is 4. The molecule has 0 saturated carbocycles. The number of hydrogen-bond donors (Lipinski definition) is 2. The molecule has 3 rings (SSSR count). The van der Waals surface area contributed by atoms with Crippen molar-refractivity contribution in [3.05, 3.63) is 54.0 Å². The third-order valence-corrected chi connectivity index (χ3v) is 4.38. The van der Waals surface area contributed by atoms with Crippen molar-refractivity contribution in [2.75, 3.05) is 17.3 Å². The van der Waals surface area contributed by atoms with Gasteiger partial charge in [0.15, 0.2) is 5.82 Å². The van der Waals surface area contributed by atoms with Crippen molar-refractivity contribution in [2.24, 2.45) is 0 Å². The molecule has 26 heavy (non-hydrogen) atoms. The van der Waals surface area contributed by atoms with Crippen LogP contribution in [0.15, 0.2) is 47.5 Å². The van der Waals surface area contributed by atoms with E-state index in [9.17, 15) is 9.00 Å². The zero-order valence-corrected chi connectivity index (χ0v) is 14.9. The molecule has 2 aromatic heterocycles. The van der Waals surface area contributed by atoms with E-state index in [1.165, 1.54) is 12.1 Å². The minimum absolute atomic E-state index is 0.102. The number of benzene rings is 1. The minimum atomic E-state index is -1.18. The van der Waals surface area contributed by atoms with Gasteiger partial charge in [-0.1, -0.05) is 6.07 Å². The highest BCUT2D eigenvalue weighted by atomic mass is 32.2. The molecule has 132 valence electrons. The molecule has 8 nitrogen and oxygen atoms in total. The molecular weight excluding hydrogens is 352 g/mol. The number of nitrogen functional groups attached to an aromatic ring is 1.